The number of carbonyl (C=O) groups excluding carboxylic acids is 2. The predicted molar refractivity (Wildman–Crippen MR) is 108 cm³/mol. The lowest BCUT2D eigenvalue weighted by Crippen LogP contribution is -2.42. The third kappa shape index (κ3) is 5.31. The molecule has 1 N–H and O–H groups in total. The lowest BCUT2D eigenvalue weighted by Gasteiger charge is -2.31. The SMILES string of the molecule is COc1cc(OC)cc(C(=O)N2CCC(C(=O)N/N=C\c3ccccn3)CC2)c1. The van der Waals surface area contributed by atoms with E-state index in [2.05, 4.69) is 15.5 Å². The van der Waals surface area contributed by atoms with Gasteiger partial charge in [0.2, 0.25) is 5.91 Å². The highest BCUT2D eigenvalue weighted by Gasteiger charge is 2.28. The number of piperidine rings is 1. The van der Waals surface area contributed by atoms with Crippen molar-refractivity contribution in [1.82, 2.24) is 15.3 Å². The topological polar surface area (TPSA) is 93.1 Å². The number of nitrogens with zero attached hydrogens (tertiary/aromatic N) is 3. The summed E-state index contributed by atoms with van der Waals surface area (Å²) in [6.07, 6.45) is 4.33. The van der Waals surface area contributed by atoms with Crippen molar-refractivity contribution in [3.05, 3.63) is 53.9 Å². The summed E-state index contributed by atoms with van der Waals surface area (Å²) in [4.78, 5) is 31.0. The number of aromatic nitrogens is 1. The van der Waals surface area contributed by atoms with E-state index in [0.717, 1.165) is 0 Å². The van der Waals surface area contributed by atoms with E-state index in [0.29, 0.717) is 48.7 Å². The van der Waals surface area contributed by atoms with Crippen molar-refractivity contribution in [1.29, 1.82) is 0 Å². The summed E-state index contributed by atoms with van der Waals surface area (Å²) in [5, 5.41) is 3.96. The van der Waals surface area contributed by atoms with Crippen LogP contribution in [0.5, 0.6) is 11.5 Å². The minimum atomic E-state index is -0.181. The van der Waals surface area contributed by atoms with Crippen molar-refractivity contribution in [2.75, 3.05) is 27.3 Å². The molecule has 0 aliphatic carbocycles. The zero-order valence-electron chi connectivity index (χ0n) is 16.5. The van der Waals surface area contributed by atoms with E-state index in [9.17, 15) is 9.59 Å². The molecular weight excluding hydrogens is 372 g/mol. The number of ether oxygens (including phenoxy) is 2. The second-order valence-electron chi connectivity index (χ2n) is 6.66. The summed E-state index contributed by atoms with van der Waals surface area (Å²) in [6, 6.07) is 10.6. The van der Waals surface area contributed by atoms with Gasteiger partial charge in [-0.05, 0) is 37.1 Å². The minimum Gasteiger partial charge on any atom is -0.497 e. The van der Waals surface area contributed by atoms with Gasteiger partial charge in [0.25, 0.3) is 5.91 Å². The normalized spacial score (nSPS) is 14.6. The van der Waals surface area contributed by atoms with E-state index in [1.807, 2.05) is 12.1 Å². The van der Waals surface area contributed by atoms with Gasteiger partial charge in [-0.1, -0.05) is 6.07 Å². The van der Waals surface area contributed by atoms with Gasteiger partial charge in [-0.2, -0.15) is 5.10 Å². The first kappa shape index (κ1) is 20.3. The van der Waals surface area contributed by atoms with E-state index in [-0.39, 0.29) is 17.7 Å². The van der Waals surface area contributed by atoms with Crippen molar-refractivity contribution < 1.29 is 19.1 Å². The number of pyridine rings is 1. The van der Waals surface area contributed by atoms with Crippen LogP contribution in [0.1, 0.15) is 28.9 Å². The lowest BCUT2D eigenvalue weighted by molar-refractivity contribution is -0.126. The van der Waals surface area contributed by atoms with Crippen LogP contribution in [-0.2, 0) is 4.79 Å². The number of hydrogen-bond acceptors (Lipinski definition) is 6. The molecular formula is C21H24N4O4. The van der Waals surface area contributed by atoms with E-state index in [1.54, 1.807) is 49.6 Å². The number of likely N-dealkylation sites (tertiary alicyclic amines) is 1. The summed E-state index contributed by atoms with van der Waals surface area (Å²) < 4.78 is 10.5. The Morgan fingerprint density at radius 2 is 1.83 bits per heavy atom. The van der Waals surface area contributed by atoms with Crippen molar-refractivity contribution >= 4 is 18.0 Å². The van der Waals surface area contributed by atoms with Gasteiger partial charge in [-0.3, -0.25) is 14.6 Å². The van der Waals surface area contributed by atoms with Gasteiger partial charge in [0.15, 0.2) is 0 Å². The zero-order chi connectivity index (χ0) is 20.6. The number of benzene rings is 1. The van der Waals surface area contributed by atoms with Crippen molar-refractivity contribution in [2.45, 2.75) is 12.8 Å². The zero-order valence-corrected chi connectivity index (χ0v) is 16.5. The van der Waals surface area contributed by atoms with Crippen LogP contribution in [0.2, 0.25) is 0 Å². The average Bonchev–Trinajstić information content (AvgIpc) is 2.78. The fraction of sp³-hybridized carbons (Fsp3) is 0.333. The molecule has 1 aromatic carbocycles. The Hall–Kier alpha value is -3.42. The van der Waals surface area contributed by atoms with E-state index in [4.69, 9.17) is 9.47 Å². The molecule has 1 aliphatic heterocycles. The number of carbonyl (C=O) groups is 2. The van der Waals surface area contributed by atoms with Crippen molar-refractivity contribution in [3.63, 3.8) is 0 Å². The number of hydrazone groups is 1. The fourth-order valence-corrected chi connectivity index (χ4v) is 3.16. The highest BCUT2D eigenvalue weighted by molar-refractivity contribution is 5.95. The first-order valence-electron chi connectivity index (χ1n) is 9.37. The van der Waals surface area contributed by atoms with E-state index < -0.39 is 0 Å². The molecule has 29 heavy (non-hydrogen) atoms. The molecule has 0 radical (unpaired) electrons. The molecule has 1 aliphatic rings. The van der Waals surface area contributed by atoms with Crippen LogP contribution in [0, 0.1) is 5.92 Å². The number of amides is 2. The Labute approximate surface area is 169 Å². The second kappa shape index (κ2) is 9.68. The predicted octanol–water partition coefficient (Wildman–Crippen LogP) is 2.10. The molecule has 0 saturated carbocycles. The quantitative estimate of drug-likeness (QED) is 0.596. The largest absolute Gasteiger partial charge is 0.497 e. The Morgan fingerprint density at radius 1 is 1.14 bits per heavy atom. The third-order valence-electron chi connectivity index (χ3n) is 4.81. The van der Waals surface area contributed by atoms with Crippen LogP contribution >= 0.6 is 0 Å². The molecule has 1 fully saturated rings. The Kier molecular flexibility index (Phi) is 6.78. The van der Waals surface area contributed by atoms with Crippen molar-refractivity contribution in [2.24, 2.45) is 11.0 Å². The summed E-state index contributed by atoms with van der Waals surface area (Å²) in [5.74, 6) is 0.696. The molecule has 3 rings (SSSR count). The van der Waals surface area contributed by atoms with Crippen LogP contribution in [0.25, 0.3) is 0 Å². The number of methoxy groups -OCH3 is 2. The summed E-state index contributed by atoms with van der Waals surface area (Å²) >= 11 is 0. The van der Waals surface area contributed by atoms with Crippen molar-refractivity contribution in [3.8, 4) is 11.5 Å². The molecule has 1 aromatic heterocycles. The van der Waals surface area contributed by atoms with Crippen LogP contribution in [-0.4, -0.2) is 55.2 Å². The second-order valence-corrected chi connectivity index (χ2v) is 6.66. The minimum absolute atomic E-state index is 0.103. The third-order valence-corrected chi connectivity index (χ3v) is 4.81. The molecule has 152 valence electrons. The van der Waals surface area contributed by atoms with Crippen LogP contribution in [0.15, 0.2) is 47.7 Å². The molecule has 2 heterocycles. The Morgan fingerprint density at radius 3 is 2.41 bits per heavy atom. The fourth-order valence-electron chi connectivity index (χ4n) is 3.16. The molecule has 0 atom stereocenters. The first-order valence-corrected chi connectivity index (χ1v) is 9.37. The maximum atomic E-state index is 12.8. The Bertz CT molecular complexity index is 855. The van der Waals surface area contributed by atoms with Crippen LogP contribution in [0.4, 0.5) is 0 Å². The maximum Gasteiger partial charge on any atom is 0.254 e. The molecule has 0 bridgehead atoms. The van der Waals surface area contributed by atoms with Crippen LogP contribution < -0.4 is 14.9 Å². The van der Waals surface area contributed by atoms with Gasteiger partial charge < -0.3 is 14.4 Å². The Balaban J connectivity index is 1.54. The maximum absolute atomic E-state index is 12.8. The standard InChI is InChI=1S/C21H24N4O4/c1-28-18-11-16(12-19(13-18)29-2)21(27)25-9-6-15(7-10-25)20(26)24-23-14-17-5-3-4-8-22-17/h3-5,8,11-15H,6-7,9-10H2,1-2H3,(H,24,26)/b23-14-. The molecule has 0 spiro atoms. The lowest BCUT2D eigenvalue weighted by atomic mass is 9.95. The molecule has 8 heteroatoms. The van der Waals surface area contributed by atoms with Gasteiger partial charge in [0.05, 0.1) is 26.1 Å². The first-order chi connectivity index (χ1) is 14.1. The number of rotatable bonds is 6. The van der Waals surface area contributed by atoms with E-state index >= 15 is 0 Å². The molecule has 1 saturated heterocycles. The van der Waals surface area contributed by atoms with Crippen LogP contribution in [0.3, 0.4) is 0 Å². The summed E-state index contributed by atoms with van der Waals surface area (Å²) in [6.45, 7) is 1.00. The number of hydrogen-bond donors (Lipinski definition) is 1. The van der Waals surface area contributed by atoms with E-state index in [1.165, 1.54) is 6.21 Å². The molecule has 2 aromatic rings. The van der Waals surface area contributed by atoms with Gasteiger partial charge in [0, 0.05) is 36.8 Å². The highest BCUT2D eigenvalue weighted by Crippen LogP contribution is 2.25. The number of nitrogens with one attached hydrogen (secondary N) is 1. The smallest absolute Gasteiger partial charge is 0.254 e. The van der Waals surface area contributed by atoms with Gasteiger partial charge in [0.1, 0.15) is 11.5 Å². The summed E-state index contributed by atoms with van der Waals surface area (Å²) in [5.41, 5.74) is 3.73. The average molecular weight is 396 g/mol. The monoisotopic (exact) mass is 396 g/mol. The highest BCUT2D eigenvalue weighted by atomic mass is 16.5. The summed E-state index contributed by atoms with van der Waals surface area (Å²) in [7, 11) is 3.09. The van der Waals surface area contributed by atoms with Gasteiger partial charge in [-0.15, -0.1) is 0 Å². The molecule has 2 amide bonds. The van der Waals surface area contributed by atoms with Gasteiger partial charge in [-0.25, -0.2) is 5.43 Å². The molecule has 8 nitrogen and oxygen atoms in total. The van der Waals surface area contributed by atoms with Gasteiger partial charge >= 0.3 is 0 Å². The molecule has 0 unspecified atom stereocenters.